The van der Waals surface area contributed by atoms with Crippen molar-refractivity contribution in [3.05, 3.63) is 17.5 Å². The highest BCUT2D eigenvalue weighted by Crippen LogP contribution is 2.18. The number of carboxylic acid groups (broad SMARTS) is 1. The largest absolute Gasteiger partial charge is 0.475 e. The minimum atomic E-state index is -1.06. The van der Waals surface area contributed by atoms with Crippen LogP contribution in [0.1, 0.15) is 35.9 Å². The Bertz CT molecular complexity index is 264. The van der Waals surface area contributed by atoms with Gasteiger partial charge in [0.15, 0.2) is 0 Å². The van der Waals surface area contributed by atoms with Gasteiger partial charge in [0.2, 0.25) is 5.76 Å². The van der Waals surface area contributed by atoms with E-state index in [1.807, 2.05) is 13.8 Å². The number of nitrogens with zero attached hydrogens (tertiary/aromatic N) is 1. The highest BCUT2D eigenvalue weighted by Gasteiger charge is 2.17. The van der Waals surface area contributed by atoms with Crippen molar-refractivity contribution in [3.63, 3.8) is 0 Å². The van der Waals surface area contributed by atoms with Gasteiger partial charge in [0.25, 0.3) is 0 Å². The zero-order valence-corrected chi connectivity index (χ0v) is 6.37. The molecule has 11 heavy (non-hydrogen) atoms. The number of carbonyl (C=O) groups is 1. The monoisotopic (exact) mass is 155 g/mol. The molecule has 0 bridgehead atoms. The molecule has 0 saturated heterocycles. The number of hydrogen-bond acceptors (Lipinski definition) is 3. The maximum absolute atomic E-state index is 10.5. The van der Waals surface area contributed by atoms with Gasteiger partial charge < -0.3 is 9.63 Å². The minimum Gasteiger partial charge on any atom is -0.475 e. The van der Waals surface area contributed by atoms with Gasteiger partial charge in [-0.1, -0.05) is 19.0 Å². The topological polar surface area (TPSA) is 63.3 Å². The molecule has 1 heterocycles. The maximum Gasteiger partial charge on any atom is 0.375 e. The first kappa shape index (κ1) is 7.78. The Kier molecular flexibility index (Phi) is 1.94. The molecule has 0 radical (unpaired) electrons. The molecule has 0 fully saturated rings. The van der Waals surface area contributed by atoms with Crippen LogP contribution in [0.5, 0.6) is 0 Å². The van der Waals surface area contributed by atoms with Crippen molar-refractivity contribution in [1.82, 2.24) is 5.16 Å². The van der Waals surface area contributed by atoms with Crippen molar-refractivity contribution in [2.75, 3.05) is 0 Å². The van der Waals surface area contributed by atoms with E-state index >= 15 is 0 Å². The molecule has 1 aromatic heterocycles. The molecule has 60 valence electrons. The van der Waals surface area contributed by atoms with Gasteiger partial charge in [-0.25, -0.2) is 4.79 Å². The van der Waals surface area contributed by atoms with E-state index in [-0.39, 0.29) is 11.7 Å². The molecule has 0 saturated carbocycles. The van der Waals surface area contributed by atoms with E-state index < -0.39 is 5.97 Å². The normalized spacial score (nSPS) is 10.5. The van der Waals surface area contributed by atoms with E-state index in [4.69, 9.17) is 5.11 Å². The number of rotatable bonds is 2. The van der Waals surface area contributed by atoms with Gasteiger partial charge in [0.05, 0.1) is 6.20 Å². The molecule has 0 spiro atoms. The van der Waals surface area contributed by atoms with Gasteiger partial charge >= 0.3 is 5.97 Å². The van der Waals surface area contributed by atoms with Crippen LogP contribution in [0.3, 0.4) is 0 Å². The molecule has 0 aliphatic heterocycles. The first-order valence-electron chi connectivity index (χ1n) is 3.30. The van der Waals surface area contributed by atoms with Crippen molar-refractivity contribution in [3.8, 4) is 0 Å². The molecule has 0 unspecified atom stereocenters. The van der Waals surface area contributed by atoms with E-state index in [9.17, 15) is 4.79 Å². The van der Waals surface area contributed by atoms with Crippen LogP contribution >= 0.6 is 0 Å². The minimum absolute atomic E-state index is 0.0556. The zero-order valence-electron chi connectivity index (χ0n) is 6.37. The standard InChI is InChI=1S/C7H9NO3/c1-4(2)5-3-8-11-6(5)7(9)10/h3-4H,1-2H3,(H,9,10). The predicted octanol–water partition coefficient (Wildman–Crippen LogP) is 1.50. The Morgan fingerprint density at radius 2 is 2.36 bits per heavy atom. The lowest BCUT2D eigenvalue weighted by atomic mass is 10.1. The Hall–Kier alpha value is -1.32. The smallest absolute Gasteiger partial charge is 0.375 e. The maximum atomic E-state index is 10.5. The summed E-state index contributed by atoms with van der Waals surface area (Å²) >= 11 is 0. The second-order valence-electron chi connectivity index (χ2n) is 2.57. The SMILES string of the molecule is CC(C)c1cnoc1C(=O)O. The Morgan fingerprint density at radius 1 is 1.73 bits per heavy atom. The van der Waals surface area contributed by atoms with Crippen LogP contribution in [0.2, 0.25) is 0 Å². The van der Waals surface area contributed by atoms with Crippen molar-refractivity contribution in [1.29, 1.82) is 0 Å². The lowest BCUT2D eigenvalue weighted by molar-refractivity contribution is 0.0650. The van der Waals surface area contributed by atoms with E-state index in [0.717, 1.165) is 0 Å². The van der Waals surface area contributed by atoms with Crippen LogP contribution in [0.15, 0.2) is 10.7 Å². The van der Waals surface area contributed by atoms with Crippen LogP contribution in [-0.4, -0.2) is 16.2 Å². The number of aromatic carboxylic acids is 1. The fourth-order valence-electron chi connectivity index (χ4n) is 0.821. The summed E-state index contributed by atoms with van der Waals surface area (Å²) in [5.74, 6) is -0.987. The van der Waals surface area contributed by atoms with Crippen LogP contribution in [0.25, 0.3) is 0 Å². The molecule has 0 aliphatic carbocycles. The highest BCUT2D eigenvalue weighted by atomic mass is 16.5. The van der Waals surface area contributed by atoms with E-state index in [0.29, 0.717) is 5.56 Å². The number of aromatic nitrogens is 1. The first-order valence-corrected chi connectivity index (χ1v) is 3.30. The summed E-state index contributed by atoms with van der Waals surface area (Å²) < 4.78 is 4.54. The van der Waals surface area contributed by atoms with Crippen LogP contribution in [-0.2, 0) is 0 Å². The van der Waals surface area contributed by atoms with Crippen molar-refractivity contribution < 1.29 is 14.4 Å². The van der Waals surface area contributed by atoms with Gasteiger partial charge in [-0.3, -0.25) is 0 Å². The van der Waals surface area contributed by atoms with E-state index in [1.54, 1.807) is 0 Å². The summed E-state index contributed by atoms with van der Waals surface area (Å²) in [5, 5.41) is 12.0. The fourth-order valence-corrected chi connectivity index (χ4v) is 0.821. The molecule has 0 amide bonds. The Balaban J connectivity index is 3.06. The van der Waals surface area contributed by atoms with Crippen molar-refractivity contribution >= 4 is 5.97 Å². The lowest BCUT2D eigenvalue weighted by Crippen LogP contribution is -1.99. The summed E-state index contributed by atoms with van der Waals surface area (Å²) in [6.45, 7) is 3.78. The van der Waals surface area contributed by atoms with Gasteiger partial charge in [-0.05, 0) is 5.92 Å². The van der Waals surface area contributed by atoms with Gasteiger partial charge in [-0.2, -0.15) is 0 Å². The molecule has 0 atom stereocenters. The Labute approximate surface area is 63.8 Å². The van der Waals surface area contributed by atoms with Crippen LogP contribution in [0, 0.1) is 0 Å². The van der Waals surface area contributed by atoms with Crippen LogP contribution in [0.4, 0.5) is 0 Å². The highest BCUT2D eigenvalue weighted by molar-refractivity contribution is 5.85. The predicted molar refractivity (Wildman–Crippen MR) is 37.6 cm³/mol. The van der Waals surface area contributed by atoms with Crippen molar-refractivity contribution in [2.24, 2.45) is 0 Å². The average Bonchev–Trinajstić information content (AvgIpc) is 2.32. The molecule has 0 aliphatic rings. The first-order chi connectivity index (χ1) is 5.13. The molecule has 4 heteroatoms. The molecule has 0 aromatic carbocycles. The second-order valence-corrected chi connectivity index (χ2v) is 2.57. The summed E-state index contributed by atoms with van der Waals surface area (Å²) in [6.07, 6.45) is 1.44. The van der Waals surface area contributed by atoms with Gasteiger partial charge in [0, 0.05) is 5.56 Å². The molecule has 1 aromatic rings. The second kappa shape index (κ2) is 2.74. The van der Waals surface area contributed by atoms with Crippen LogP contribution < -0.4 is 0 Å². The van der Waals surface area contributed by atoms with Crippen molar-refractivity contribution in [2.45, 2.75) is 19.8 Å². The lowest BCUT2D eigenvalue weighted by Gasteiger charge is -1.98. The molecular weight excluding hydrogens is 146 g/mol. The third kappa shape index (κ3) is 1.39. The quantitative estimate of drug-likeness (QED) is 0.702. The van der Waals surface area contributed by atoms with E-state index in [1.165, 1.54) is 6.20 Å². The summed E-state index contributed by atoms with van der Waals surface area (Å²) in [6, 6.07) is 0. The molecular formula is C7H9NO3. The summed E-state index contributed by atoms with van der Waals surface area (Å²) in [7, 11) is 0. The van der Waals surface area contributed by atoms with Gasteiger partial charge in [0.1, 0.15) is 0 Å². The summed E-state index contributed by atoms with van der Waals surface area (Å²) in [5.41, 5.74) is 0.637. The summed E-state index contributed by atoms with van der Waals surface area (Å²) in [4.78, 5) is 10.5. The van der Waals surface area contributed by atoms with Gasteiger partial charge in [-0.15, -0.1) is 0 Å². The fraction of sp³-hybridized carbons (Fsp3) is 0.429. The third-order valence-corrected chi connectivity index (χ3v) is 1.41. The Morgan fingerprint density at radius 3 is 2.73 bits per heavy atom. The molecule has 1 N–H and O–H groups in total. The average molecular weight is 155 g/mol. The number of carboxylic acids is 1. The number of hydrogen-bond donors (Lipinski definition) is 1. The third-order valence-electron chi connectivity index (χ3n) is 1.41. The molecule has 1 rings (SSSR count). The zero-order chi connectivity index (χ0) is 8.43. The molecule has 4 nitrogen and oxygen atoms in total. The van der Waals surface area contributed by atoms with E-state index in [2.05, 4.69) is 9.68 Å².